The molecule has 86 valence electrons. The molecule has 0 fully saturated rings. The van der Waals surface area contributed by atoms with Gasteiger partial charge in [0, 0.05) is 0 Å². The molecule has 0 aliphatic rings. The van der Waals surface area contributed by atoms with Crippen molar-refractivity contribution < 1.29 is 19.4 Å². The first-order chi connectivity index (χ1) is 6.88. The maximum atomic E-state index is 8.72. The summed E-state index contributed by atoms with van der Waals surface area (Å²) in [5, 5.41) is 0.825. The molecule has 1 aromatic carbocycles. The minimum atomic E-state index is -4.03. The van der Waals surface area contributed by atoms with Gasteiger partial charge in [0.15, 0.2) is 0 Å². The van der Waals surface area contributed by atoms with E-state index in [2.05, 4.69) is 0 Å². The number of ether oxygens (including phenoxy) is 1. The van der Waals surface area contributed by atoms with Gasteiger partial charge < -0.3 is 0 Å². The summed E-state index contributed by atoms with van der Waals surface area (Å²) in [7, 11) is -4.03. The van der Waals surface area contributed by atoms with E-state index in [0.717, 1.165) is 0 Å². The van der Waals surface area contributed by atoms with Gasteiger partial charge in [0.1, 0.15) is 0 Å². The zero-order valence-corrected chi connectivity index (χ0v) is 10.2. The van der Waals surface area contributed by atoms with Crippen LogP contribution in [-0.2, 0) is 0 Å². The molecular weight excluding hydrogens is 262 g/mol. The van der Waals surface area contributed by atoms with Crippen molar-refractivity contribution >= 4 is 31.1 Å². The number of halogens is 2. The van der Waals surface area contributed by atoms with E-state index in [1.54, 1.807) is 12.1 Å². The minimum absolute atomic E-state index is 0.0168. The van der Waals surface area contributed by atoms with Gasteiger partial charge in [0.05, 0.1) is 0 Å². The van der Waals surface area contributed by atoms with Gasteiger partial charge >= 0.3 is 97.3 Å². The first-order valence-electron chi connectivity index (χ1n) is 4.13. The molecule has 4 nitrogen and oxygen atoms in total. The van der Waals surface area contributed by atoms with Crippen LogP contribution in [0.2, 0.25) is 10.0 Å². The molecule has 0 aliphatic carbocycles. The van der Waals surface area contributed by atoms with Crippen molar-refractivity contribution in [2.24, 2.45) is 0 Å². The quantitative estimate of drug-likeness (QED) is 0.732. The summed E-state index contributed by atoms with van der Waals surface area (Å²) in [4.78, 5) is 26.2. The fourth-order valence-corrected chi connectivity index (χ4v) is 1.73. The fourth-order valence-electron chi connectivity index (χ4n) is 0.890. The molecule has 1 rings (SSSR count). The van der Waals surface area contributed by atoms with Gasteiger partial charge in [-0.3, -0.25) is 0 Å². The number of hydrogen-bond donors (Lipinski definition) is 3. The summed E-state index contributed by atoms with van der Waals surface area (Å²) in [5.41, 5.74) is 0. The van der Waals surface area contributed by atoms with Crippen molar-refractivity contribution in [2.45, 2.75) is 0 Å². The molecular formula is C8H11Cl2O4P. The molecule has 0 aliphatic heterocycles. The number of benzene rings is 1. The van der Waals surface area contributed by atoms with E-state index in [-0.39, 0.29) is 12.8 Å². The average Bonchev–Trinajstić information content (AvgIpc) is 2.07. The van der Waals surface area contributed by atoms with E-state index in [4.69, 9.17) is 42.6 Å². The van der Waals surface area contributed by atoms with Gasteiger partial charge in [0.2, 0.25) is 0 Å². The van der Waals surface area contributed by atoms with Crippen LogP contribution in [0.15, 0.2) is 18.2 Å². The standard InChI is InChI=1S/C8H11Cl2O4P/c9-6-1-2-8(7(10)5-6)14-3-4-15(11,12)13/h1-2,5,11-13,15H,3-4H2. The Balaban J connectivity index is 2.51. The van der Waals surface area contributed by atoms with Gasteiger partial charge in [-0.2, -0.15) is 0 Å². The summed E-state index contributed by atoms with van der Waals surface area (Å²) in [6.45, 7) is -0.0168. The Morgan fingerprint density at radius 1 is 1.20 bits per heavy atom. The topological polar surface area (TPSA) is 69.9 Å². The molecule has 0 bridgehead atoms. The molecule has 3 N–H and O–H groups in total. The van der Waals surface area contributed by atoms with Crippen molar-refractivity contribution in [2.75, 3.05) is 12.8 Å². The molecule has 0 radical (unpaired) electrons. The summed E-state index contributed by atoms with van der Waals surface area (Å²) in [6, 6.07) is 4.68. The second-order valence-corrected chi connectivity index (χ2v) is 5.84. The molecule has 0 saturated carbocycles. The average molecular weight is 273 g/mol. The van der Waals surface area contributed by atoms with E-state index in [9.17, 15) is 0 Å². The van der Waals surface area contributed by atoms with Gasteiger partial charge in [-0.25, -0.2) is 0 Å². The molecule has 0 spiro atoms. The second-order valence-electron chi connectivity index (χ2n) is 2.95. The Morgan fingerprint density at radius 2 is 1.87 bits per heavy atom. The first kappa shape index (κ1) is 13.0. The molecule has 7 heteroatoms. The van der Waals surface area contributed by atoms with Crippen molar-refractivity contribution in [1.29, 1.82) is 0 Å². The van der Waals surface area contributed by atoms with Crippen LogP contribution >= 0.6 is 31.1 Å². The summed E-state index contributed by atoms with van der Waals surface area (Å²) < 4.78 is 5.13. The van der Waals surface area contributed by atoms with E-state index in [0.29, 0.717) is 15.8 Å². The van der Waals surface area contributed by atoms with Crippen LogP contribution in [0.25, 0.3) is 0 Å². The third-order valence-electron chi connectivity index (χ3n) is 1.59. The predicted molar refractivity (Wildman–Crippen MR) is 61.8 cm³/mol. The Labute approximate surface area is 97.6 Å². The van der Waals surface area contributed by atoms with Gasteiger partial charge in [-0.1, -0.05) is 0 Å². The maximum absolute atomic E-state index is 8.72. The molecule has 0 saturated heterocycles. The Morgan fingerprint density at radius 3 is 2.40 bits per heavy atom. The van der Waals surface area contributed by atoms with Crippen molar-refractivity contribution in [3.63, 3.8) is 0 Å². The predicted octanol–water partition coefficient (Wildman–Crippen LogP) is 1.84. The van der Waals surface area contributed by atoms with Crippen LogP contribution in [0.3, 0.4) is 0 Å². The third kappa shape index (κ3) is 4.98. The first-order valence-corrected chi connectivity index (χ1v) is 6.94. The van der Waals surface area contributed by atoms with Crippen molar-refractivity contribution in [1.82, 2.24) is 0 Å². The summed E-state index contributed by atoms with van der Waals surface area (Å²) in [5.74, 6) is 0.388. The van der Waals surface area contributed by atoms with E-state index >= 15 is 0 Å². The van der Waals surface area contributed by atoms with Crippen LogP contribution in [-0.4, -0.2) is 27.4 Å². The zero-order valence-electron chi connectivity index (χ0n) is 7.65. The number of rotatable bonds is 4. The number of hydrogen-bond acceptors (Lipinski definition) is 4. The van der Waals surface area contributed by atoms with Crippen LogP contribution in [0.1, 0.15) is 0 Å². The Bertz CT molecular complexity index is 340. The molecule has 0 atom stereocenters. The van der Waals surface area contributed by atoms with E-state index < -0.39 is 7.94 Å². The normalized spacial score (nSPS) is 12.6. The summed E-state index contributed by atoms with van der Waals surface area (Å²) in [6.07, 6.45) is -0.202. The fraction of sp³-hybridized carbons (Fsp3) is 0.250. The molecule has 0 unspecified atom stereocenters. The zero-order chi connectivity index (χ0) is 11.5. The van der Waals surface area contributed by atoms with Gasteiger partial charge in [-0.05, 0) is 0 Å². The molecule has 0 heterocycles. The van der Waals surface area contributed by atoms with Crippen LogP contribution < -0.4 is 4.74 Å². The molecule has 0 aromatic heterocycles. The van der Waals surface area contributed by atoms with Crippen molar-refractivity contribution in [3.8, 4) is 5.75 Å². The van der Waals surface area contributed by atoms with E-state index in [1.165, 1.54) is 6.07 Å². The Kier molecular flexibility index (Phi) is 4.59. The third-order valence-corrected chi connectivity index (χ3v) is 2.99. The van der Waals surface area contributed by atoms with Crippen LogP contribution in [0, 0.1) is 0 Å². The van der Waals surface area contributed by atoms with E-state index in [1.807, 2.05) is 0 Å². The molecule has 1 aromatic rings. The summed E-state index contributed by atoms with van der Waals surface area (Å²) >= 11 is 11.5. The van der Waals surface area contributed by atoms with Gasteiger partial charge in [0.25, 0.3) is 0 Å². The van der Waals surface area contributed by atoms with Crippen LogP contribution in [0.4, 0.5) is 0 Å². The monoisotopic (exact) mass is 272 g/mol. The molecule has 15 heavy (non-hydrogen) atoms. The Hall–Kier alpha value is -0.0900. The van der Waals surface area contributed by atoms with Crippen LogP contribution in [0.5, 0.6) is 5.75 Å². The molecule has 0 amide bonds. The second kappa shape index (κ2) is 5.30. The SMILES string of the molecule is O[PH](O)(O)CCOc1ccc(Cl)cc1Cl. The van der Waals surface area contributed by atoms with Gasteiger partial charge in [-0.15, -0.1) is 0 Å². The van der Waals surface area contributed by atoms with Crippen molar-refractivity contribution in [3.05, 3.63) is 28.2 Å².